The van der Waals surface area contributed by atoms with E-state index < -0.39 is 0 Å². The Labute approximate surface area is 133 Å². The maximum atomic E-state index is 4.49. The molecule has 0 unspecified atom stereocenters. The van der Waals surface area contributed by atoms with Crippen molar-refractivity contribution in [2.24, 2.45) is 0 Å². The van der Waals surface area contributed by atoms with Crippen LogP contribution in [0.25, 0.3) is 16.7 Å². The summed E-state index contributed by atoms with van der Waals surface area (Å²) in [5.41, 5.74) is 3.27. The van der Waals surface area contributed by atoms with Gasteiger partial charge in [-0.3, -0.25) is 0 Å². The highest BCUT2D eigenvalue weighted by molar-refractivity contribution is 5.78. The molecule has 0 spiro atoms. The number of aromatic nitrogens is 3. The van der Waals surface area contributed by atoms with E-state index in [1.54, 1.807) is 0 Å². The number of hydrogen-bond acceptors (Lipinski definition) is 3. The molecule has 3 aromatic rings. The van der Waals surface area contributed by atoms with Gasteiger partial charge in [0.2, 0.25) is 5.95 Å². The van der Waals surface area contributed by atoms with E-state index in [4.69, 9.17) is 0 Å². The minimum atomic E-state index is 0.634. The maximum absolute atomic E-state index is 4.49. The standard InChI is InChI=1S/C14H14N4.2C2H6/c1-10-3-5-12(6-4-10)18-8-7-11-9-16-14(15-2)17-13(11)18;2*1-2/h3-9H,1-2H3,(H,15,16,17);2*1-2H3. The first-order valence-corrected chi connectivity index (χ1v) is 7.87. The third kappa shape index (κ3) is 3.85. The molecule has 3 rings (SSSR count). The van der Waals surface area contributed by atoms with E-state index in [1.165, 1.54) is 5.56 Å². The van der Waals surface area contributed by atoms with Crippen molar-refractivity contribution < 1.29 is 0 Å². The van der Waals surface area contributed by atoms with Crippen molar-refractivity contribution in [1.82, 2.24) is 14.5 Å². The third-order valence-corrected chi connectivity index (χ3v) is 2.96. The molecule has 0 radical (unpaired) electrons. The lowest BCUT2D eigenvalue weighted by atomic mass is 10.2. The zero-order valence-electron chi connectivity index (χ0n) is 14.4. The highest BCUT2D eigenvalue weighted by atomic mass is 15.1. The Morgan fingerprint density at radius 1 is 0.955 bits per heavy atom. The van der Waals surface area contributed by atoms with Crippen LogP contribution in [0.2, 0.25) is 0 Å². The Morgan fingerprint density at radius 3 is 2.18 bits per heavy atom. The summed E-state index contributed by atoms with van der Waals surface area (Å²) in [5.74, 6) is 0.634. The van der Waals surface area contributed by atoms with Gasteiger partial charge in [-0.05, 0) is 25.1 Å². The molecule has 0 saturated carbocycles. The summed E-state index contributed by atoms with van der Waals surface area (Å²) in [6, 6.07) is 10.4. The van der Waals surface area contributed by atoms with E-state index in [0.29, 0.717) is 5.95 Å². The monoisotopic (exact) mass is 298 g/mol. The summed E-state index contributed by atoms with van der Waals surface area (Å²) in [6.07, 6.45) is 3.85. The molecule has 2 heterocycles. The first-order chi connectivity index (χ1) is 10.8. The molecule has 4 nitrogen and oxygen atoms in total. The summed E-state index contributed by atoms with van der Waals surface area (Å²) < 4.78 is 2.07. The van der Waals surface area contributed by atoms with Crippen LogP contribution < -0.4 is 5.32 Å². The number of hydrogen-bond donors (Lipinski definition) is 1. The molecule has 4 heteroatoms. The van der Waals surface area contributed by atoms with Crippen LogP contribution in [0.3, 0.4) is 0 Å². The number of nitrogens with zero attached hydrogens (tertiary/aromatic N) is 3. The van der Waals surface area contributed by atoms with E-state index in [-0.39, 0.29) is 0 Å². The minimum absolute atomic E-state index is 0.634. The Morgan fingerprint density at radius 2 is 1.59 bits per heavy atom. The van der Waals surface area contributed by atoms with Crippen LogP contribution in [0.5, 0.6) is 0 Å². The second-order valence-electron chi connectivity index (χ2n) is 4.24. The Bertz CT molecular complexity index is 684. The smallest absolute Gasteiger partial charge is 0.224 e. The van der Waals surface area contributed by atoms with Gasteiger partial charge in [0.25, 0.3) is 0 Å². The van der Waals surface area contributed by atoms with E-state index in [0.717, 1.165) is 16.7 Å². The Kier molecular flexibility index (Phi) is 7.09. The summed E-state index contributed by atoms with van der Waals surface area (Å²) in [7, 11) is 1.82. The van der Waals surface area contributed by atoms with E-state index in [1.807, 2.05) is 53.2 Å². The predicted molar refractivity (Wildman–Crippen MR) is 95.8 cm³/mol. The second kappa shape index (κ2) is 8.82. The number of aryl methyl sites for hydroxylation is 1. The molecule has 0 aliphatic carbocycles. The Balaban J connectivity index is 0.000000561. The van der Waals surface area contributed by atoms with Crippen molar-refractivity contribution in [2.75, 3.05) is 12.4 Å². The molecule has 0 saturated heterocycles. The molecule has 0 atom stereocenters. The average Bonchev–Trinajstić information content (AvgIpc) is 3.02. The fourth-order valence-corrected chi connectivity index (χ4v) is 1.95. The van der Waals surface area contributed by atoms with Crippen LogP contribution in [-0.4, -0.2) is 21.6 Å². The van der Waals surface area contributed by atoms with E-state index in [9.17, 15) is 0 Å². The fraction of sp³-hybridized carbons (Fsp3) is 0.333. The number of benzene rings is 1. The number of rotatable bonds is 2. The van der Waals surface area contributed by atoms with Crippen molar-refractivity contribution in [3.63, 3.8) is 0 Å². The quantitative estimate of drug-likeness (QED) is 0.737. The van der Waals surface area contributed by atoms with Crippen molar-refractivity contribution in [2.45, 2.75) is 34.6 Å². The van der Waals surface area contributed by atoms with Crippen molar-refractivity contribution in [3.8, 4) is 5.69 Å². The van der Waals surface area contributed by atoms with Gasteiger partial charge >= 0.3 is 0 Å². The second-order valence-corrected chi connectivity index (χ2v) is 4.24. The summed E-state index contributed by atoms with van der Waals surface area (Å²) in [6.45, 7) is 10.1. The third-order valence-electron chi connectivity index (χ3n) is 2.96. The van der Waals surface area contributed by atoms with Crippen LogP contribution in [0, 0.1) is 6.92 Å². The molecular formula is C18H26N4. The number of fused-ring (bicyclic) bond motifs is 1. The first-order valence-electron chi connectivity index (χ1n) is 7.87. The summed E-state index contributed by atoms with van der Waals surface area (Å²) in [5, 5.41) is 4.00. The van der Waals surface area contributed by atoms with Crippen LogP contribution in [-0.2, 0) is 0 Å². The van der Waals surface area contributed by atoms with Crippen LogP contribution in [0.4, 0.5) is 5.95 Å². The van der Waals surface area contributed by atoms with Crippen LogP contribution in [0.1, 0.15) is 33.3 Å². The van der Waals surface area contributed by atoms with Crippen molar-refractivity contribution in [3.05, 3.63) is 48.3 Å². The highest BCUT2D eigenvalue weighted by Gasteiger charge is 2.05. The minimum Gasteiger partial charge on any atom is -0.357 e. The molecule has 2 aromatic heterocycles. The zero-order chi connectivity index (χ0) is 16.5. The Hall–Kier alpha value is -2.36. The van der Waals surface area contributed by atoms with Gasteiger partial charge in [0.05, 0.1) is 0 Å². The lowest BCUT2D eigenvalue weighted by molar-refractivity contribution is 1.07. The molecule has 22 heavy (non-hydrogen) atoms. The highest BCUT2D eigenvalue weighted by Crippen LogP contribution is 2.19. The van der Waals surface area contributed by atoms with Crippen LogP contribution in [0.15, 0.2) is 42.7 Å². The van der Waals surface area contributed by atoms with Gasteiger partial charge in [0, 0.05) is 30.5 Å². The lowest BCUT2D eigenvalue weighted by Crippen LogP contribution is -1.99. The van der Waals surface area contributed by atoms with Gasteiger partial charge in [-0.1, -0.05) is 45.4 Å². The SMILES string of the molecule is CC.CC.CNc1ncc2ccn(-c3ccc(C)cc3)c2n1. The largest absolute Gasteiger partial charge is 0.357 e. The fourth-order valence-electron chi connectivity index (χ4n) is 1.95. The summed E-state index contributed by atoms with van der Waals surface area (Å²) in [4.78, 5) is 8.70. The topological polar surface area (TPSA) is 42.7 Å². The van der Waals surface area contributed by atoms with E-state index >= 15 is 0 Å². The van der Waals surface area contributed by atoms with Gasteiger partial charge in [-0.25, -0.2) is 4.98 Å². The lowest BCUT2D eigenvalue weighted by Gasteiger charge is -2.06. The number of anilines is 1. The maximum Gasteiger partial charge on any atom is 0.224 e. The van der Waals surface area contributed by atoms with Crippen molar-refractivity contribution in [1.29, 1.82) is 0 Å². The summed E-state index contributed by atoms with van der Waals surface area (Å²) >= 11 is 0. The number of nitrogens with one attached hydrogen (secondary N) is 1. The molecule has 0 fully saturated rings. The average molecular weight is 298 g/mol. The van der Waals surface area contributed by atoms with Gasteiger partial charge in [-0.15, -0.1) is 0 Å². The zero-order valence-corrected chi connectivity index (χ0v) is 14.4. The first kappa shape index (κ1) is 17.7. The van der Waals surface area contributed by atoms with Gasteiger partial charge in [-0.2, -0.15) is 4.98 Å². The molecule has 0 bridgehead atoms. The van der Waals surface area contributed by atoms with Gasteiger partial charge in [0.15, 0.2) is 0 Å². The molecule has 1 aromatic carbocycles. The molecule has 118 valence electrons. The predicted octanol–water partition coefficient (Wildman–Crippen LogP) is 4.82. The molecule has 1 N–H and O–H groups in total. The molecular weight excluding hydrogens is 272 g/mol. The van der Waals surface area contributed by atoms with Crippen molar-refractivity contribution >= 4 is 17.0 Å². The van der Waals surface area contributed by atoms with E-state index in [2.05, 4.69) is 51.0 Å². The molecule has 0 aliphatic heterocycles. The normalized spacial score (nSPS) is 9.36. The molecule has 0 aliphatic rings. The van der Waals surface area contributed by atoms with Gasteiger partial charge < -0.3 is 9.88 Å². The van der Waals surface area contributed by atoms with Gasteiger partial charge in [0.1, 0.15) is 5.65 Å². The van der Waals surface area contributed by atoms with Crippen LogP contribution >= 0.6 is 0 Å². The molecule has 0 amide bonds.